The lowest BCUT2D eigenvalue weighted by Crippen LogP contribution is -2.47. The van der Waals surface area contributed by atoms with E-state index < -0.39 is 0 Å². The van der Waals surface area contributed by atoms with Crippen LogP contribution in [0.25, 0.3) is 0 Å². The third-order valence-corrected chi connectivity index (χ3v) is 6.96. The number of aliphatic imine (C=N–C) groups is 1. The highest BCUT2D eigenvalue weighted by atomic mass is 127. The summed E-state index contributed by atoms with van der Waals surface area (Å²) in [7, 11) is 0. The van der Waals surface area contributed by atoms with Crippen molar-refractivity contribution in [3.63, 3.8) is 0 Å². The van der Waals surface area contributed by atoms with Crippen molar-refractivity contribution >= 4 is 29.9 Å². The average molecular weight is 565 g/mol. The Labute approximate surface area is 214 Å². The first-order valence-corrected chi connectivity index (χ1v) is 13.1. The Morgan fingerprint density at radius 3 is 2.47 bits per heavy atom. The van der Waals surface area contributed by atoms with Crippen LogP contribution in [0.5, 0.6) is 0 Å². The molecule has 0 aliphatic carbocycles. The predicted octanol–water partition coefficient (Wildman–Crippen LogP) is 4.38. The van der Waals surface area contributed by atoms with Gasteiger partial charge in [-0.05, 0) is 76.7 Å². The maximum absolute atomic E-state index is 6.18. The summed E-state index contributed by atoms with van der Waals surface area (Å²) in [5, 5.41) is 3.51. The van der Waals surface area contributed by atoms with Crippen LogP contribution in [0.3, 0.4) is 0 Å². The summed E-state index contributed by atoms with van der Waals surface area (Å²) in [5.41, 5.74) is 0. The van der Waals surface area contributed by atoms with Gasteiger partial charge in [0.1, 0.15) is 0 Å². The van der Waals surface area contributed by atoms with E-state index in [0.29, 0.717) is 12.2 Å². The molecule has 0 aromatic rings. The first-order chi connectivity index (χ1) is 15.1. The monoisotopic (exact) mass is 564 g/mol. The molecule has 6 nitrogen and oxygen atoms in total. The fourth-order valence-electron chi connectivity index (χ4n) is 5.45. The van der Waals surface area contributed by atoms with Gasteiger partial charge in [0.05, 0.1) is 18.8 Å². The molecule has 3 fully saturated rings. The maximum atomic E-state index is 6.18. The van der Waals surface area contributed by atoms with Crippen molar-refractivity contribution in [1.82, 2.24) is 15.1 Å². The molecule has 1 N–H and O–H groups in total. The van der Waals surface area contributed by atoms with Crippen molar-refractivity contribution in [2.24, 2.45) is 16.8 Å². The molecular weight excluding hydrogens is 515 g/mol. The van der Waals surface area contributed by atoms with Crippen LogP contribution in [0.15, 0.2) is 4.99 Å². The zero-order valence-electron chi connectivity index (χ0n) is 20.9. The largest absolute Gasteiger partial charge is 0.376 e. The minimum atomic E-state index is 0. The Kier molecular flexibility index (Phi) is 13.8. The van der Waals surface area contributed by atoms with E-state index in [1.54, 1.807) is 0 Å². The second-order valence-electron chi connectivity index (χ2n) is 10.2. The van der Waals surface area contributed by atoms with Crippen molar-refractivity contribution in [2.75, 3.05) is 59.0 Å². The quantitative estimate of drug-likeness (QED) is 0.195. The lowest BCUT2D eigenvalue weighted by molar-refractivity contribution is -0.0721. The van der Waals surface area contributed by atoms with E-state index in [4.69, 9.17) is 14.5 Å². The van der Waals surface area contributed by atoms with Gasteiger partial charge >= 0.3 is 0 Å². The molecule has 3 atom stereocenters. The minimum absolute atomic E-state index is 0. The Hall–Kier alpha value is -0.120. The summed E-state index contributed by atoms with van der Waals surface area (Å²) in [6.45, 7) is 16.3. The highest BCUT2D eigenvalue weighted by Crippen LogP contribution is 2.21. The Morgan fingerprint density at radius 1 is 1.06 bits per heavy atom. The van der Waals surface area contributed by atoms with Gasteiger partial charge in [-0.2, -0.15) is 0 Å². The average Bonchev–Trinajstić information content (AvgIpc) is 2.77. The fourth-order valence-corrected chi connectivity index (χ4v) is 5.45. The minimum Gasteiger partial charge on any atom is -0.376 e. The zero-order valence-corrected chi connectivity index (χ0v) is 23.2. The van der Waals surface area contributed by atoms with Gasteiger partial charge in [-0.15, -0.1) is 24.0 Å². The number of hydrogen-bond donors (Lipinski definition) is 1. The van der Waals surface area contributed by atoms with E-state index in [9.17, 15) is 0 Å². The number of halogens is 1. The summed E-state index contributed by atoms with van der Waals surface area (Å²) in [6.07, 6.45) is 10.3. The molecule has 3 unspecified atom stereocenters. The lowest BCUT2D eigenvalue weighted by atomic mass is 9.92. The van der Waals surface area contributed by atoms with Gasteiger partial charge in [-0.3, -0.25) is 4.99 Å². The van der Waals surface area contributed by atoms with E-state index in [1.807, 2.05) is 0 Å². The molecule has 3 aliphatic rings. The third-order valence-electron chi connectivity index (χ3n) is 6.96. The standard InChI is InChI=1S/C25H48N4O2.HI/c1-4-26-25(27-12-6-7-13-28-18-21(2)17-22(3)19-28)29-14-10-23(11-15-29)31-20-24-9-5-8-16-30-24;/h21-24H,4-20H2,1-3H3,(H,26,27);1H. The van der Waals surface area contributed by atoms with Crippen LogP contribution >= 0.6 is 24.0 Å². The number of unbranched alkanes of at least 4 members (excludes halogenated alkanes) is 1. The topological polar surface area (TPSA) is 49.3 Å². The van der Waals surface area contributed by atoms with Crippen LogP contribution in [0.2, 0.25) is 0 Å². The molecule has 0 spiro atoms. The molecule has 7 heteroatoms. The number of likely N-dealkylation sites (tertiary alicyclic amines) is 2. The smallest absolute Gasteiger partial charge is 0.193 e. The second-order valence-corrected chi connectivity index (χ2v) is 10.2. The van der Waals surface area contributed by atoms with Crippen molar-refractivity contribution < 1.29 is 9.47 Å². The van der Waals surface area contributed by atoms with Gasteiger partial charge in [0, 0.05) is 45.9 Å². The molecule has 3 rings (SSSR count). The van der Waals surface area contributed by atoms with Gasteiger partial charge in [-0.25, -0.2) is 0 Å². The van der Waals surface area contributed by atoms with E-state index in [2.05, 4.69) is 35.9 Å². The Morgan fingerprint density at radius 2 is 1.81 bits per heavy atom. The Bertz CT molecular complexity index is 512. The van der Waals surface area contributed by atoms with Gasteiger partial charge in [-0.1, -0.05) is 13.8 Å². The molecule has 0 radical (unpaired) electrons. The number of rotatable bonds is 9. The molecule has 32 heavy (non-hydrogen) atoms. The van der Waals surface area contributed by atoms with Crippen LogP contribution in [0, 0.1) is 11.8 Å². The summed E-state index contributed by atoms with van der Waals surface area (Å²) in [6, 6.07) is 0. The highest BCUT2D eigenvalue weighted by molar-refractivity contribution is 14.0. The van der Waals surface area contributed by atoms with Crippen molar-refractivity contribution in [3.05, 3.63) is 0 Å². The molecule has 0 amide bonds. The van der Waals surface area contributed by atoms with Crippen LogP contribution in [-0.4, -0.2) is 87.0 Å². The summed E-state index contributed by atoms with van der Waals surface area (Å²) in [4.78, 5) is 10.0. The van der Waals surface area contributed by atoms with Crippen LogP contribution in [0.4, 0.5) is 0 Å². The molecule has 3 heterocycles. The van der Waals surface area contributed by atoms with Crippen LogP contribution in [0.1, 0.15) is 72.1 Å². The van der Waals surface area contributed by atoms with Crippen LogP contribution in [-0.2, 0) is 9.47 Å². The van der Waals surface area contributed by atoms with E-state index in [0.717, 1.165) is 76.5 Å². The number of piperidine rings is 2. The number of nitrogens with zero attached hydrogens (tertiary/aromatic N) is 3. The molecule has 0 aromatic carbocycles. The molecular formula is C25H49IN4O2. The molecule has 0 aromatic heterocycles. The van der Waals surface area contributed by atoms with E-state index >= 15 is 0 Å². The van der Waals surface area contributed by atoms with Gasteiger partial charge in [0.15, 0.2) is 5.96 Å². The third kappa shape index (κ3) is 10.0. The number of hydrogen-bond acceptors (Lipinski definition) is 4. The first kappa shape index (κ1) is 28.1. The maximum Gasteiger partial charge on any atom is 0.193 e. The van der Waals surface area contributed by atoms with Gasteiger partial charge in [0.25, 0.3) is 0 Å². The normalized spacial score (nSPS) is 28.4. The summed E-state index contributed by atoms with van der Waals surface area (Å²) < 4.78 is 12.0. The number of guanidine groups is 1. The summed E-state index contributed by atoms with van der Waals surface area (Å²) >= 11 is 0. The molecule has 3 aliphatic heterocycles. The number of ether oxygens (including phenoxy) is 2. The van der Waals surface area contributed by atoms with E-state index in [-0.39, 0.29) is 24.0 Å². The molecule has 188 valence electrons. The van der Waals surface area contributed by atoms with Crippen LogP contribution < -0.4 is 5.32 Å². The molecule has 0 saturated carbocycles. The SMILES string of the molecule is CCNC(=NCCCCN1CC(C)CC(C)C1)N1CCC(OCC2CCCCO2)CC1.I. The first-order valence-electron chi connectivity index (χ1n) is 13.1. The Balaban J connectivity index is 0.00000363. The lowest BCUT2D eigenvalue weighted by Gasteiger charge is -2.35. The van der Waals surface area contributed by atoms with Gasteiger partial charge < -0.3 is 24.6 Å². The highest BCUT2D eigenvalue weighted by Gasteiger charge is 2.24. The van der Waals surface area contributed by atoms with E-state index in [1.165, 1.54) is 51.7 Å². The van der Waals surface area contributed by atoms with Crippen molar-refractivity contribution in [3.8, 4) is 0 Å². The van der Waals surface area contributed by atoms with Gasteiger partial charge in [0.2, 0.25) is 0 Å². The summed E-state index contributed by atoms with van der Waals surface area (Å²) in [5.74, 6) is 2.80. The van der Waals surface area contributed by atoms with Crippen molar-refractivity contribution in [2.45, 2.75) is 84.3 Å². The number of nitrogens with one attached hydrogen (secondary N) is 1. The molecule has 3 saturated heterocycles. The fraction of sp³-hybridized carbons (Fsp3) is 0.960. The predicted molar refractivity (Wildman–Crippen MR) is 144 cm³/mol. The molecule has 0 bridgehead atoms. The van der Waals surface area contributed by atoms with Crippen molar-refractivity contribution in [1.29, 1.82) is 0 Å². The second kappa shape index (κ2) is 15.7. The zero-order chi connectivity index (χ0) is 21.9.